The van der Waals surface area contributed by atoms with Gasteiger partial charge in [-0.1, -0.05) is 0 Å². The molecule has 3 aliphatic carbocycles. The molecule has 1 aromatic rings. The third-order valence-electron chi connectivity index (χ3n) is 3.49. The second-order valence-electron chi connectivity index (χ2n) is 4.50. The molecule has 4 rings (SSSR count). The van der Waals surface area contributed by atoms with Crippen LogP contribution in [0, 0.1) is 5.41 Å². The highest BCUT2D eigenvalue weighted by Crippen LogP contribution is 2.70. The fourth-order valence-electron chi connectivity index (χ4n) is 2.92. The zero-order valence-electron chi connectivity index (χ0n) is 7.20. The van der Waals surface area contributed by atoms with E-state index in [4.69, 9.17) is 5.11 Å². The molecule has 13 heavy (non-hydrogen) atoms. The van der Waals surface area contributed by atoms with Gasteiger partial charge in [0.2, 0.25) is 0 Å². The maximum absolute atomic E-state index is 9.11. The average Bonchev–Trinajstić information content (AvgIpc) is 2.31. The van der Waals surface area contributed by atoms with Gasteiger partial charge in [-0.15, -0.1) is 0 Å². The van der Waals surface area contributed by atoms with E-state index >= 15 is 0 Å². The normalized spacial score (nSPS) is 41.1. The molecule has 1 heterocycles. The van der Waals surface area contributed by atoms with Gasteiger partial charge in [0.15, 0.2) is 0 Å². The third kappa shape index (κ3) is 0.854. The Bertz CT molecular complexity index is 340. The molecule has 4 heteroatoms. The Morgan fingerprint density at radius 2 is 2.23 bits per heavy atom. The summed E-state index contributed by atoms with van der Waals surface area (Å²) >= 11 is 3.34. The molecule has 3 nitrogen and oxygen atoms in total. The van der Waals surface area contributed by atoms with Crippen molar-refractivity contribution in [2.24, 2.45) is 5.41 Å². The molecule has 0 unspecified atom stereocenters. The van der Waals surface area contributed by atoms with Crippen LogP contribution in [0.5, 0.6) is 0 Å². The van der Waals surface area contributed by atoms with Crippen molar-refractivity contribution in [2.75, 3.05) is 6.61 Å². The molecule has 0 aliphatic heterocycles. The van der Waals surface area contributed by atoms with Crippen molar-refractivity contribution in [1.29, 1.82) is 0 Å². The molecule has 3 fully saturated rings. The Morgan fingerprint density at radius 1 is 1.54 bits per heavy atom. The summed E-state index contributed by atoms with van der Waals surface area (Å²) in [5.41, 5.74) is 0.521. The number of aliphatic hydroxyl groups is 1. The number of hydrogen-bond donors (Lipinski definition) is 1. The second kappa shape index (κ2) is 2.17. The first-order chi connectivity index (χ1) is 6.18. The van der Waals surface area contributed by atoms with Crippen LogP contribution in [0.2, 0.25) is 0 Å². The van der Waals surface area contributed by atoms with E-state index in [9.17, 15) is 0 Å². The minimum atomic E-state index is 0.259. The van der Waals surface area contributed by atoms with Crippen molar-refractivity contribution in [3.05, 3.63) is 16.9 Å². The van der Waals surface area contributed by atoms with Gasteiger partial charge in [0, 0.05) is 18.2 Å². The van der Waals surface area contributed by atoms with Gasteiger partial charge in [0.1, 0.15) is 4.60 Å². The van der Waals surface area contributed by atoms with Crippen LogP contribution in [-0.2, 0) is 5.54 Å². The van der Waals surface area contributed by atoms with Crippen LogP contribution in [0.3, 0.4) is 0 Å². The quantitative estimate of drug-likeness (QED) is 0.855. The number of nitrogens with zero attached hydrogens (tertiary/aromatic N) is 2. The van der Waals surface area contributed by atoms with Crippen molar-refractivity contribution in [3.8, 4) is 0 Å². The minimum absolute atomic E-state index is 0.259. The summed E-state index contributed by atoms with van der Waals surface area (Å²) in [6.07, 6.45) is 5.32. The van der Waals surface area contributed by atoms with Gasteiger partial charge in [-0.3, -0.25) is 4.68 Å². The van der Waals surface area contributed by atoms with Crippen molar-refractivity contribution in [2.45, 2.75) is 24.8 Å². The molecule has 0 radical (unpaired) electrons. The van der Waals surface area contributed by atoms with Gasteiger partial charge in [-0.25, -0.2) is 0 Å². The molecule has 1 N–H and O–H groups in total. The van der Waals surface area contributed by atoms with Crippen LogP contribution in [0.25, 0.3) is 0 Å². The first-order valence-corrected chi connectivity index (χ1v) is 5.30. The summed E-state index contributed by atoms with van der Waals surface area (Å²) in [5, 5.41) is 13.5. The molecule has 0 aromatic carbocycles. The van der Waals surface area contributed by atoms with E-state index < -0.39 is 0 Å². The Kier molecular flexibility index (Phi) is 1.34. The maximum Gasteiger partial charge on any atom is 0.128 e. The molecule has 0 atom stereocenters. The Labute approximate surface area is 84.9 Å². The lowest BCUT2D eigenvalue weighted by molar-refractivity contribution is -0.213. The molecule has 70 valence electrons. The van der Waals surface area contributed by atoms with E-state index in [1.54, 1.807) is 0 Å². The molecule has 0 spiro atoms. The molecule has 3 aliphatic rings. The summed E-state index contributed by atoms with van der Waals surface area (Å²) in [5.74, 6) is 0. The highest BCUT2D eigenvalue weighted by molar-refractivity contribution is 9.10. The second-order valence-corrected chi connectivity index (χ2v) is 5.31. The molecule has 0 saturated heterocycles. The van der Waals surface area contributed by atoms with Crippen molar-refractivity contribution in [3.63, 3.8) is 0 Å². The standard InChI is InChI=1S/C9H11BrN2O/c10-7-1-2-12(11-7)9-3-8(4-9,5-9)6-13/h1-2,13H,3-6H2. The predicted molar refractivity (Wildman–Crippen MR) is 51.3 cm³/mol. The number of aliphatic hydroxyl groups excluding tert-OH is 1. The van der Waals surface area contributed by atoms with Crippen LogP contribution < -0.4 is 0 Å². The monoisotopic (exact) mass is 242 g/mol. The van der Waals surface area contributed by atoms with Gasteiger partial charge in [0.05, 0.1) is 5.54 Å². The topological polar surface area (TPSA) is 38.0 Å². The number of aromatic nitrogens is 2. The Balaban J connectivity index is 1.84. The zero-order chi connectivity index (χ0) is 9.10. The van der Waals surface area contributed by atoms with Crippen molar-refractivity contribution < 1.29 is 5.11 Å². The summed E-state index contributed by atoms with van der Waals surface area (Å²) in [4.78, 5) is 0. The van der Waals surface area contributed by atoms with Crippen molar-refractivity contribution >= 4 is 15.9 Å². The van der Waals surface area contributed by atoms with E-state index in [-0.39, 0.29) is 11.0 Å². The van der Waals surface area contributed by atoms with Gasteiger partial charge in [-0.05, 0) is 41.3 Å². The minimum Gasteiger partial charge on any atom is -0.396 e. The van der Waals surface area contributed by atoms with Crippen LogP contribution in [0.4, 0.5) is 0 Å². The number of hydrogen-bond acceptors (Lipinski definition) is 2. The lowest BCUT2D eigenvalue weighted by Gasteiger charge is -2.69. The van der Waals surface area contributed by atoms with E-state index in [0.717, 1.165) is 23.9 Å². The molecular weight excluding hydrogens is 232 g/mol. The molecular formula is C9H11BrN2O. The van der Waals surface area contributed by atoms with Gasteiger partial charge >= 0.3 is 0 Å². The first kappa shape index (κ1) is 8.00. The molecule has 1 aromatic heterocycles. The first-order valence-electron chi connectivity index (χ1n) is 4.51. The third-order valence-corrected chi connectivity index (χ3v) is 3.91. The van der Waals surface area contributed by atoms with Gasteiger partial charge in [0.25, 0.3) is 0 Å². The van der Waals surface area contributed by atoms with E-state index in [2.05, 4.69) is 25.7 Å². The van der Waals surface area contributed by atoms with E-state index in [0.29, 0.717) is 6.61 Å². The number of rotatable bonds is 2. The van der Waals surface area contributed by atoms with Crippen LogP contribution in [-0.4, -0.2) is 21.5 Å². The van der Waals surface area contributed by atoms with Crippen LogP contribution in [0.15, 0.2) is 16.9 Å². The predicted octanol–water partition coefficient (Wildman–Crippen LogP) is 1.52. The Hall–Kier alpha value is -0.350. The largest absolute Gasteiger partial charge is 0.396 e. The van der Waals surface area contributed by atoms with Gasteiger partial charge < -0.3 is 5.11 Å². The molecule has 0 amide bonds. The molecule has 3 saturated carbocycles. The average molecular weight is 243 g/mol. The lowest BCUT2D eigenvalue weighted by atomic mass is 9.40. The van der Waals surface area contributed by atoms with E-state index in [1.165, 1.54) is 0 Å². The SMILES string of the molecule is OCC12CC(n3ccc(Br)n3)(C1)C2. The highest BCUT2D eigenvalue weighted by atomic mass is 79.9. The zero-order valence-corrected chi connectivity index (χ0v) is 8.79. The van der Waals surface area contributed by atoms with E-state index in [1.807, 2.05) is 12.3 Å². The fraction of sp³-hybridized carbons (Fsp3) is 0.667. The van der Waals surface area contributed by atoms with Crippen LogP contribution in [0.1, 0.15) is 19.3 Å². The lowest BCUT2D eigenvalue weighted by Crippen LogP contribution is -2.69. The van der Waals surface area contributed by atoms with Gasteiger partial charge in [-0.2, -0.15) is 5.10 Å². The summed E-state index contributed by atoms with van der Waals surface area (Å²) in [6.45, 7) is 0.344. The summed E-state index contributed by atoms with van der Waals surface area (Å²) in [7, 11) is 0. The Morgan fingerprint density at radius 3 is 2.69 bits per heavy atom. The summed E-state index contributed by atoms with van der Waals surface area (Å²) < 4.78 is 2.95. The smallest absolute Gasteiger partial charge is 0.128 e. The van der Waals surface area contributed by atoms with Crippen LogP contribution >= 0.6 is 15.9 Å². The highest BCUT2D eigenvalue weighted by Gasteiger charge is 2.69. The number of halogens is 1. The summed E-state index contributed by atoms with van der Waals surface area (Å²) in [6, 6.07) is 1.96. The maximum atomic E-state index is 9.11. The fourth-order valence-corrected chi connectivity index (χ4v) is 3.20. The molecule has 2 bridgehead atoms. The van der Waals surface area contributed by atoms with Crippen molar-refractivity contribution in [1.82, 2.24) is 9.78 Å².